The fourth-order valence-electron chi connectivity index (χ4n) is 6.10. The minimum atomic E-state index is -0.349. The number of carbonyl (C=O) groups is 2. The van der Waals surface area contributed by atoms with Crippen molar-refractivity contribution >= 4 is 17.4 Å². The third-order valence-electron chi connectivity index (χ3n) is 7.74. The lowest BCUT2D eigenvalue weighted by Crippen LogP contribution is -2.32. The molecule has 1 saturated heterocycles. The van der Waals surface area contributed by atoms with E-state index in [1.165, 1.54) is 4.90 Å². The summed E-state index contributed by atoms with van der Waals surface area (Å²) in [6, 6.07) is 25.7. The van der Waals surface area contributed by atoms with Crippen LogP contribution in [0.4, 0.5) is 0 Å². The minimum Gasteiger partial charge on any atom is -0.497 e. The maximum Gasteiger partial charge on any atom is 0.234 e. The number of fused-ring (bicyclic) bond motifs is 5. The summed E-state index contributed by atoms with van der Waals surface area (Å²) in [6.07, 6.45) is 4.26. The molecule has 2 fully saturated rings. The van der Waals surface area contributed by atoms with Crippen molar-refractivity contribution in [2.75, 3.05) is 14.2 Å². The van der Waals surface area contributed by atoms with Crippen LogP contribution >= 0.6 is 0 Å². The van der Waals surface area contributed by atoms with Crippen LogP contribution in [0.15, 0.2) is 96.6 Å². The molecule has 0 unspecified atom stereocenters. The quantitative estimate of drug-likeness (QED) is 0.365. The average molecular weight is 478 g/mol. The summed E-state index contributed by atoms with van der Waals surface area (Å²) in [5.41, 5.74) is 5.27. The Morgan fingerprint density at radius 1 is 0.694 bits per heavy atom. The first-order valence-electron chi connectivity index (χ1n) is 12.2. The fourth-order valence-corrected chi connectivity index (χ4v) is 6.10. The topological polar surface area (TPSA) is 55.8 Å². The predicted octanol–water partition coefficient (Wildman–Crippen LogP) is 5.12. The molecule has 4 atom stereocenters. The van der Waals surface area contributed by atoms with Crippen LogP contribution in [0.3, 0.4) is 0 Å². The molecule has 3 aliphatic rings. The van der Waals surface area contributed by atoms with Crippen molar-refractivity contribution in [3.8, 4) is 11.5 Å². The Bertz CT molecular complexity index is 1290. The van der Waals surface area contributed by atoms with Crippen LogP contribution in [0, 0.1) is 23.7 Å². The molecule has 0 N–H and O–H groups in total. The second-order valence-electron chi connectivity index (χ2n) is 9.52. The lowest BCUT2D eigenvalue weighted by atomic mass is 9.85. The van der Waals surface area contributed by atoms with Gasteiger partial charge in [0.2, 0.25) is 11.8 Å². The molecule has 3 aromatic carbocycles. The number of nitrogens with zero attached hydrogens (tertiary/aromatic N) is 1. The van der Waals surface area contributed by atoms with E-state index in [2.05, 4.69) is 12.2 Å². The van der Waals surface area contributed by atoms with Crippen LogP contribution in [0.5, 0.6) is 11.5 Å². The molecule has 1 heterocycles. The highest BCUT2D eigenvalue weighted by atomic mass is 16.5. The summed E-state index contributed by atoms with van der Waals surface area (Å²) in [5.74, 6) is 0.538. The lowest BCUT2D eigenvalue weighted by Gasteiger charge is -2.22. The molecule has 1 aliphatic heterocycles. The summed E-state index contributed by atoms with van der Waals surface area (Å²) in [5, 5.41) is 0. The van der Waals surface area contributed by atoms with E-state index >= 15 is 0 Å². The van der Waals surface area contributed by atoms with Gasteiger partial charge >= 0.3 is 0 Å². The maximum absolute atomic E-state index is 13.6. The highest BCUT2D eigenvalue weighted by molar-refractivity contribution is 6.08. The molecule has 0 aromatic heterocycles. The van der Waals surface area contributed by atoms with Gasteiger partial charge in [0.15, 0.2) is 0 Å². The average Bonchev–Trinajstić information content (AvgIpc) is 3.56. The van der Waals surface area contributed by atoms with E-state index in [4.69, 9.17) is 9.47 Å². The number of likely N-dealkylation sites (tertiary alicyclic amines) is 1. The maximum atomic E-state index is 13.6. The van der Waals surface area contributed by atoms with Gasteiger partial charge in [-0.25, -0.2) is 0 Å². The number of hydrogen-bond donors (Lipinski definition) is 0. The van der Waals surface area contributed by atoms with Crippen molar-refractivity contribution in [3.63, 3.8) is 0 Å². The van der Waals surface area contributed by atoms with Crippen LogP contribution < -0.4 is 9.47 Å². The highest BCUT2D eigenvalue weighted by Gasteiger charge is 2.62. The fraction of sp³-hybridized carbons (Fsp3) is 0.226. The SMILES string of the molecule is COc1ccc(C(=C2[C@H]3C=C[C@H]2[C@@H]2C(=O)N(Cc4ccccc4)C(=O)[C@H]23)c2ccc(OC)cc2)cc1. The summed E-state index contributed by atoms with van der Waals surface area (Å²) in [7, 11) is 3.30. The molecule has 3 aromatic rings. The summed E-state index contributed by atoms with van der Waals surface area (Å²) < 4.78 is 10.7. The van der Waals surface area contributed by atoms with E-state index in [9.17, 15) is 9.59 Å². The van der Waals surface area contributed by atoms with Crippen LogP contribution in [-0.4, -0.2) is 30.9 Å². The van der Waals surface area contributed by atoms with Crippen LogP contribution in [0.2, 0.25) is 0 Å². The smallest absolute Gasteiger partial charge is 0.234 e. The van der Waals surface area contributed by atoms with Gasteiger partial charge < -0.3 is 9.47 Å². The zero-order valence-corrected chi connectivity index (χ0v) is 20.3. The summed E-state index contributed by atoms with van der Waals surface area (Å²) >= 11 is 0. The number of allylic oxidation sites excluding steroid dienone is 3. The second kappa shape index (κ2) is 8.83. The molecule has 1 saturated carbocycles. The Balaban J connectivity index is 1.43. The van der Waals surface area contributed by atoms with Gasteiger partial charge in [0.05, 0.1) is 32.6 Å². The number of methoxy groups -OCH3 is 2. The zero-order valence-electron chi connectivity index (χ0n) is 20.3. The van der Waals surface area contributed by atoms with E-state index in [0.29, 0.717) is 6.54 Å². The first kappa shape index (κ1) is 22.4. The monoisotopic (exact) mass is 477 g/mol. The first-order valence-corrected chi connectivity index (χ1v) is 12.2. The first-order chi connectivity index (χ1) is 17.6. The third kappa shape index (κ3) is 3.46. The van der Waals surface area contributed by atoms with E-state index in [1.807, 2.05) is 78.9 Å². The van der Waals surface area contributed by atoms with Gasteiger partial charge in [0.1, 0.15) is 11.5 Å². The number of imide groups is 1. The van der Waals surface area contributed by atoms with Gasteiger partial charge in [-0.2, -0.15) is 0 Å². The molecule has 2 amide bonds. The van der Waals surface area contributed by atoms with Gasteiger partial charge in [-0.05, 0) is 52.1 Å². The molecule has 6 rings (SSSR count). The molecule has 0 radical (unpaired) electrons. The number of carbonyl (C=O) groups excluding carboxylic acids is 2. The van der Waals surface area contributed by atoms with Gasteiger partial charge in [-0.15, -0.1) is 0 Å². The molecule has 0 spiro atoms. The highest BCUT2D eigenvalue weighted by Crippen LogP contribution is 2.58. The largest absolute Gasteiger partial charge is 0.497 e. The number of rotatable bonds is 6. The van der Waals surface area contributed by atoms with Crippen molar-refractivity contribution in [3.05, 3.63) is 113 Å². The Hall–Kier alpha value is -4.12. The zero-order chi connectivity index (χ0) is 24.8. The van der Waals surface area contributed by atoms with E-state index < -0.39 is 0 Å². The Morgan fingerprint density at radius 2 is 1.17 bits per heavy atom. The van der Waals surface area contributed by atoms with Gasteiger partial charge in [-0.3, -0.25) is 14.5 Å². The minimum absolute atomic E-state index is 0.0629. The van der Waals surface area contributed by atoms with Gasteiger partial charge in [0, 0.05) is 11.8 Å². The standard InChI is InChI=1S/C31H27NO4/c1-35-22-12-8-20(9-13-22)26(21-10-14-23(36-2)15-11-21)27-24-16-17-25(27)29-28(24)30(33)32(31(29)34)18-19-6-4-3-5-7-19/h3-17,24-25,28-29H,18H2,1-2H3/t24-,25-,28+,29+/m1/s1. The molecular weight excluding hydrogens is 450 g/mol. The van der Waals surface area contributed by atoms with E-state index in [0.717, 1.165) is 39.3 Å². The van der Waals surface area contributed by atoms with Gasteiger partial charge in [0.25, 0.3) is 0 Å². The Kier molecular flexibility index (Phi) is 5.48. The molecule has 5 heteroatoms. The number of amides is 2. The molecule has 180 valence electrons. The van der Waals surface area contributed by atoms with Crippen molar-refractivity contribution in [1.82, 2.24) is 4.90 Å². The van der Waals surface area contributed by atoms with Crippen molar-refractivity contribution in [1.29, 1.82) is 0 Å². The predicted molar refractivity (Wildman–Crippen MR) is 137 cm³/mol. The van der Waals surface area contributed by atoms with Crippen molar-refractivity contribution < 1.29 is 19.1 Å². The molecule has 2 bridgehead atoms. The Morgan fingerprint density at radius 3 is 1.61 bits per heavy atom. The van der Waals surface area contributed by atoms with E-state index in [-0.39, 0.29) is 35.5 Å². The van der Waals surface area contributed by atoms with Crippen molar-refractivity contribution in [2.45, 2.75) is 6.54 Å². The number of hydrogen-bond acceptors (Lipinski definition) is 4. The third-order valence-corrected chi connectivity index (χ3v) is 7.74. The number of ether oxygens (including phenoxy) is 2. The number of benzene rings is 3. The molecule has 2 aliphatic carbocycles. The van der Waals surface area contributed by atoms with Crippen LogP contribution in [0.25, 0.3) is 5.57 Å². The summed E-state index contributed by atoms with van der Waals surface area (Å²) in [6.45, 7) is 0.327. The van der Waals surface area contributed by atoms with E-state index in [1.54, 1.807) is 14.2 Å². The second-order valence-corrected chi connectivity index (χ2v) is 9.52. The van der Waals surface area contributed by atoms with Crippen LogP contribution in [-0.2, 0) is 16.1 Å². The molecule has 5 nitrogen and oxygen atoms in total. The lowest BCUT2D eigenvalue weighted by molar-refractivity contribution is -0.141. The van der Waals surface area contributed by atoms with Crippen molar-refractivity contribution in [2.24, 2.45) is 23.7 Å². The summed E-state index contributed by atoms with van der Waals surface area (Å²) in [4.78, 5) is 28.7. The normalized spacial score (nSPS) is 23.8. The molecule has 36 heavy (non-hydrogen) atoms. The van der Waals surface area contributed by atoms with Gasteiger partial charge in [-0.1, -0.05) is 66.7 Å². The molecular formula is C31H27NO4. The Labute approximate surface area is 210 Å². The van der Waals surface area contributed by atoms with Crippen LogP contribution in [0.1, 0.15) is 16.7 Å².